The van der Waals surface area contributed by atoms with Crippen molar-refractivity contribution in [2.24, 2.45) is 11.8 Å². The van der Waals surface area contributed by atoms with E-state index >= 15 is 0 Å². The van der Waals surface area contributed by atoms with Crippen LogP contribution in [-0.4, -0.2) is 6.61 Å². The number of hydrogen-bond acceptors (Lipinski definition) is 2. The van der Waals surface area contributed by atoms with Crippen molar-refractivity contribution in [1.82, 2.24) is 0 Å². The Kier molecular flexibility index (Phi) is 7.45. The fourth-order valence-corrected chi connectivity index (χ4v) is 2.78. The molecule has 25 heavy (non-hydrogen) atoms. The van der Waals surface area contributed by atoms with Crippen LogP contribution in [0.25, 0.3) is 0 Å². The summed E-state index contributed by atoms with van der Waals surface area (Å²) >= 11 is 0. The topological polar surface area (TPSA) is 33.0 Å². The molecule has 0 amide bonds. The van der Waals surface area contributed by atoms with Crippen LogP contribution in [0.1, 0.15) is 33.6 Å². The molecule has 0 aromatic heterocycles. The summed E-state index contributed by atoms with van der Waals surface area (Å²) in [7, 11) is 0. The lowest BCUT2D eigenvalue weighted by Crippen LogP contribution is -2.20. The Morgan fingerprint density at radius 2 is 1.96 bits per heavy atom. The van der Waals surface area contributed by atoms with Crippen molar-refractivity contribution in [1.29, 1.82) is 5.26 Å². The largest absolute Gasteiger partial charge is 0.494 e. The maximum atomic E-state index is 9.35. The second kappa shape index (κ2) is 9.08. The van der Waals surface area contributed by atoms with Gasteiger partial charge in [-0.25, -0.2) is 0 Å². The van der Waals surface area contributed by atoms with Gasteiger partial charge in [0.1, 0.15) is 6.61 Å². The smallest absolute Gasteiger partial charge is 0.113 e. The molecule has 1 aliphatic rings. The summed E-state index contributed by atoms with van der Waals surface area (Å²) in [6, 6.07) is 2.21. The minimum Gasteiger partial charge on any atom is -0.494 e. The van der Waals surface area contributed by atoms with E-state index in [1.165, 1.54) is 0 Å². The Labute approximate surface area is 152 Å². The van der Waals surface area contributed by atoms with E-state index in [2.05, 4.69) is 45.9 Å². The number of nitrogens with zero attached hydrogens (tertiary/aromatic N) is 1. The number of ether oxygens (including phenoxy) is 1. The van der Waals surface area contributed by atoms with Crippen LogP contribution in [0.2, 0.25) is 0 Å². The van der Waals surface area contributed by atoms with E-state index in [0.29, 0.717) is 18.1 Å². The molecule has 132 valence electrons. The van der Waals surface area contributed by atoms with Crippen molar-refractivity contribution in [3.63, 3.8) is 0 Å². The third kappa shape index (κ3) is 5.50. The molecule has 0 aromatic rings. The van der Waals surface area contributed by atoms with Crippen LogP contribution in [-0.2, 0) is 4.74 Å². The molecule has 2 unspecified atom stereocenters. The van der Waals surface area contributed by atoms with Gasteiger partial charge in [-0.1, -0.05) is 57.0 Å². The van der Waals surface area contributed by atoms with Crippen LogP contribution in [0.3, 0.4) is 0 Å². The minimum absolute atomic E-state index is 0.253. The predicted octanol–water partition coefficient (Wildman–Crippen LogP) is 6.20. The molecule has 0 aromatic carbocycles. The Balaban J connectivity index is 2.74. The molecule has 0 aliphatic heterocycles. The maximum absolute atomic E-state index is 9.35. The molecule has 1 aliphatic carbocycles. The second-order valence-electron chi connectivity index (χ2n) is 6.77. The summed E-state index contributed by atoms with van der Waals surface area (Å²) in [5.74, 6) is 1.41. The first-order valence-electron chi connectivity index (χ1n) is 8.49. The average molecular weight is 335 g/mol. The quantitative estimate of drug-likeness (QED) is 0.315. The fraction of sp³-hybridized carbons (Fsp3) is 0.348. The van der Waals surface area contributed by atoms with Crippen LogP contribution in [0.15, 0.2) is 84.2 Å². The molecule has 0 bridgehead atoms. The summed E-state index contributed by atoms with van der Waals surface area (Å²) in [6.45, 7) is 26.3. The van der Waals surface area contributed by atoms with Gasteiger partial charge in [0.2, 0.25) is 0 Å². The molecule has 1 saturated carbocycles. The third-order valence-corrected chi connectivity index (χ3v) is 4.82. The zero-order valence-electron chi connectivity index (χ0n) is 15.8. The van der Waals surface area contributed by atoms with Gasteiger partial charge in [-0.2, -0.15) is 5.26 Å². The molecular weight excluding hydrogens is 306 g/mol. The van der Waals surface area contributed by atoms with Gasteiger partial charge >= 0.3 is 0 Å². The molecule has 0 heterocycles. The lowest BCUT2D eigenvalue weighted by molar-refractivity contribution is 0.188. The van der Waals surface area contributed by atoms with Crippen LogP contribution >= 0.6 is 0 Å². The van der Waals surface area contributed by atoms with E-state index in [1.54, 1.807) is 12.2 Å². The lowest BCUT2D eigenvalue weighted by atomic mass is 9.76. The highest BCUT2D eigenvalue weighted by Gasteiger charge is 2.27. The highest BCUT2D eigenvalue weighted by molar-refractivity contribution is 5.47. The molecule has 0 radical (unpaired) electrons. The van der Waals surface area contributed by atoms with E-state index in [0.717, 1.165) is 46.5 Å². The first-order valence-corrected chi connectivity index (χ1v) is 8.49. The van der Waals surface area contributed by atoms with Crippen molar-refractivity contribution < 1.29 is 4.74 Å². The molecule has 1 fully saturated rings. The third-order valence-electron chi connectivity index (χ3n) is 4.82. The van der Waals surface area contributed by atoms with Crippen molar-refractivity contribution in [3.05, 3.63) is 84.2 Å². The summed E-state index contributed by atoms with van der Waals surface area (Å²) < 4.78 is 5.87. The maximum Gasteiger partial charge on any atom is 0.113 e. The molecule has 2 nitrogen and oxygen atoms in total. The zero-order chi connectivity index (χ0) is 19.1. The van der Waals surface area contributed by atoms with Crippen molar-refractivity contribution >= 4 is 0 Å². The molecule has 0 saturated heterocycles. The van der Waals surface area contributed by atoms with Gasteiger partial charge in [0.05, 0.1) is 17.4 Å². The van der Waals surface area contributed by atoms with Crippen LogP contribution in [0.4, 0.5) is 0 Å². The predicted molar refractivity (Wildman–Crippen MR) is 107 cm³/mol. The zero-order valence-corrected chi connectivity index (χ0v) is 15.8. The Hall–Kier alpha value is -2.53. The lowest BCUT2D eigenvalue weighted by Gasteiger charge is -2.31. The van der Waals surface area contributed by atoms with Gasteiger partial charge in [-0.15, -0.1) is 0 Å². The molecule has 2 atom stereocenters. The van der Waals surface area contributed by atoms with E-state index in [4.69, 9.17) is 4.74 Å². The fourth-order valence-electron chi connectivity index (χ4n) is 2.78. The van der Waals surface area contributed by atoms with Crippen LogP contribution in [0, 0.1) is 23.2 Å². The van der Waals surface area contributed by atoms with Gasteiger partial charge < -0.3 is 4.74 Å². The van der Waals surface area contributed by atoms with E-state index < -0.39 is 0 Å². The first-order chi connectivity index (χ1) is 11.7. The van der Waals surface area contributed by atoms with Crippen LogP contribution < -0.4 is 0 Å². The van der Waals surface area contributed by atoms with Crippen molar-refractivity contribution in [2.75, 3.05) is 6.61 Å². The number of hydrogen-bond donors (Lipinski definition) is 0. The van der Waals surface area contributed by atoms with Crippen molar-refractivity contribution in [2.45, 2.75) is 33.6 Å². The highest BCUT2D eigenvalue weighted by Crippen LogP contribution is 2.38. The first kappa shape index (κ1) is 20.5. The summed E-state index contributed by atoms with van der Waals surface area (Å²) in [4.78, 5) is 0. The van der Waals surface area contributed by atoms with E-state index in [9.17, 15) is 5.26 Å². The number of allylic oxidation sites excluding steroid dienone is 7. The van der Waals surface area contributed by atoms with Gasteiger partial charge in [0.25, 0.3) is 0 Å². The van der Waals surface area contributed by atoms with Crippen molar-refractivity contribution in [3.8, 4) is 6.07 Å². The standard InChI is InChI=1S/C23H29NO/c1-9-15(2)10-23(13-24)20(7)18(5)14-25-21(8)22-11-16(3)19(6)17(4)12-22/h9-10,17,22H,1,3,5-6,8,11-12,14H2,2,4,7H3/b15-10-,23-20-. The van der Waals surface area contributed by atoms with Gasteiger partial charge in [0, 0.05) is 5.92 Å². The van der Waals surface area contributed by atoms with Gasteiger partial charge in [-0.05, 0) is 55.4 Å². The Bertz CT molecular complexity index is 709. The summed E-state index contributed by atoms with van der Waals surface area (Å²) in [6.07, 6.45) is 5.34. The molecule has 0 spiro atoms. The molecule has 1 rings (SSSR count). The summed E-state index contributed by atoms with van der Waals surface area (Å²) in [5, 5.41) is 9.35. The Morgan fingerprint density at radius 3 is 2.48 bits per heavy atom. The average Bonchev–Trinajstić information content (AvgIpc) is 2.60. The molecular formula is C23H29NO. The summed E-state index contributed by atoms with van der Waals surface area (Å²) in [5.41, 5.74) is 5.33. The second-order valence-corrected chi connectivity index (χ2v) is 6.77. The van der Waals surface area contributed by atoms with Gasteiger partial charge in [-0.3, -0.25) is 0 Å². The number of rotatable bonds is 7. The Morgan fingerprint density at radius 1 is 1.32 bits per heavy atom. The normalized spacial score (nSPS) is 21.9. The monoisotopic (exact) mass is 335 g/mol. The number of nitriles is 1. The minimum atomic E-state index is 0.253. The van der Waals surface area contributed by atoms with E-state index in [-0.39, 0.29) is 5.92 Å². The van der Waals surface area contributed by atoms with E-state index in [1.807, 2.05) is 13.8 Å². The van der Waals surface area contributed by atoms with Crippen LogP contribution in [0.5, 0.6) is 0 Å². The molecule has 2 heteroatoms. The van der Waals surface area contributed by atoms with Gasteiger partial charge in [0.15, 0.2) is 0 Å². The SMILES string of the molecule is C=C/C(C)=C\C(C#N)=C(/C)C(=C)COC(=C)C1CC(=C)C(=C)C(C)C1. The molecule has 0 N–H and O–H groups in total. The highest BCUT2D eigenvalue weighted by atomic mass is 16.5.